The van der Waals surface area contributed by atoms with Gasteiger partial charge in [-0.05, 0) is 18.9 Å². The number of nitrogens with zero attached hydrogens (tertiary/aromatic N) is 3. The van der Waals surface area contributed by atoms with E-state index < -0.39 is 0 Å². The summed E-state index contributed by atoms with van der Waals surface area (Å²) in [5.41, 5.74) is -0.120. The lowest BCUT2D eigenvalue weighted by Gasteiger charge is -2.04. The lowest BCUT2D eigenvalue weighted by Crippen LogP contribution is -2.09. The van der Waals surface area contributed by atoms with Gasteiger partial charge in [-0.1, -0.05) is 11.2 Å². The lowest BCUT2D eigenvalue weighted by atomic mass is 10.3. The van der Waals surface area contributed by atoms with E-state index in [4.69, 9.17) is 4.84 Å². The largest absolute Gasteiger partial charge is 0.388 e. The van der Waals surface area contributed by atoms with Gasteiger partial charge in [-0.25, -0.2) is 0 Å². The standard InChI is InChI=1S/C10H9N4O3S/c15-5-8(13-17-7-3-1-2-4-7)9-12-10(11-6-16)18-14-9/h1,3,6-7H,2,4H2,(H,11,12,14,16)/b13-8+. The molecule has 1 heterocycles. The molecule has 1 aromatic heterocycles. The van der Waals surface area contributed by atoms with E-state index in [2.05, 4.69) is 19.8 Å². The Kier molecular flexibility index (Phi) is 4.13. The van der Waals surface area contributed by atoms with Crippen LogP contribution in [0, 0.1) is 0 Å². The summed E-state index contributed by atoms with van der Waals surface area (Å²) >= 11 is 0.943. The predicted molar refractivity (Wildman–Crippen MR) is 65.1 cm³/mol. The molecule has 1 aliphatic carbocycles. The zero-order valence-corrected chi connectivity index (χ0v) is 10.0. The second-order valence-corrected chi connectivity index (χ2v) is 4.13. The molecule has 1 aromatic rings. The summed E-state index contributed by atoms with van der Waals surface area (Å²) in [5, 5.41) is 6.29. The normalized spacial score (nSPS) is 18.7. The molecule has 2 rings (SSSR count). The number of carbonyl (C=O) groups is 1. The summed E-state index contributed by atoms with van der Waals surface area (Å²) < 4.78 is 3.87. The molecule has 7 nitrogen and oxygen atoms in total. The van der Waals surface area contributed by atoms with E-state index in [0.717, 1.165) is 24.4 Å². The SMILES string of the molecule is O=[C]/C(=N\OC1C=CCC1)c1nsc(NC=O)n1. The zero-order chi connectivity index (χ0) is 12.8. The van der Waals surface area contributed by atoms with Gasteiger partial charge in [-0.2, -0.15) is 9.36 Å². The fourth-order valence-electron chi connectivity index (χ4n) is 1.35. The monoisotopic (exact) mass is 265 g/mol. The molecular weight excluding hydrogens is 256 g/mol. The van der Waals surface area contributed by atoms with E-state index in [0.29, 0.717) is 6.41 Å². The van der Waals surface area contributed by atoms with Gasteiger partial charge in [0, 0.05) is 11.5 Å². The third kappa shape index (κ3) is 2.98. The molecule has 0 saturated carbocycles. The minimum atomic E-state index is -0.125. The van der Waals surface area contributed by atoms with Crippen LogP contribution in [-0.2, 0) is 14.4 Å². The molecule has 0 aromatic carbocycles. The van der Waals surface area contributed by atoms with Crippen LogP contribution in [0.1, 0.15) is 18.7 Å². The van der Waals surface area contributed by atoms with Crippen molar-refractivity contribution in [1.82, 2.24) is 9.36 Å². The summed E-state index contributed by atoms with van der Waals surface area (Å²) in [7, 11) is 0. The van der Waals surface area contributed by atoms with Crippen molar-refractivity contribution >= 4 is 35.1 Å². The molecule has 0 spiro atoms. The van der Waals surface area contributed by atoms with E-state index >= 15 is 0 Å². The minimum absolute atomic E-state index is 0.0846. The van der Waals surface area contributed by atoms with Gasteiger partial charge >= 0.3 is 0 Å². The number of nitrogens with one attached hydrogen (secondary N) is 1. The van der Waals surface area contributed by atoms with Crippen LogP contribution in [0.4, 0.5) is 5.13 Å². The molecule has 0 bridgehead atoms. The van der Waals surface area contributed by atoms with Crippen molar-refractivity contribution in [2.24, 2.45) is 5.16 Å². The Hall–Kier alpha value is -2.09. The minimum Gasteiger partial charge on any atom is -0.388 e. The topological polar surface area (TPSA) is 93.5 Å². The van der Waals surface area contributed by atoms with Crippen LogP contribution in [0.2, 0.25) is 0 Å². The Morgan fingerprint density at radius 1 is 1.72 bits per heavy atom. The number of amides is 1. The average molecular weight is 265 g/mol. The molecule has 93 valence electrons. The van der Waals surface area contributed by atoms with Gasteiger partial charge in [0.25, 0.3) is 6.29 Å². The zero-order valence-electron chi connectivity index (χ0n) is 9.20. The predicted octanol–water partition coefficient (Wildman–Crippen LogP) is 0.655. The maximum Gasteiger partial charge on any atom is 0.261 e. The molecule has 0 saturated heterocycles. The molecular formula is C10H9N4O3S. The van der Waals surface area contributed by atoms with Gasteiger partial charge < -0.3 is 10.2 Å². The third-order valence-corrected chi connectivity index (χ3v) is 2.81. The number of carbonyl (C=O) groups excluding carboxylic acids is 2. The number of anilines is 1. The first-order valence-corrected chi connectivity index (χ1v) is 5.93. The molecule has 0 aliphatic heterocycles. The highest BCUT2D eigenvalue weighted by molar-refractivity contribution is 7.10. The maximum atomic E-state index is 10.8. The average Bonchev–Trinajstić information content (AvgIpc) is 3.02. The van der Waals surface area contributed by atoms with Crippen molar-refractivity contribution in [2.45, 2.75) is 18.9 Å². The molecule has 18 heavy (non-hydrogen) atoms. The fourth-order valence-corrected chi connectivity index (χ4v) is 1.88. The van der Waals surface area contributed by atoms with Gasteiger partial charge in [0.1, 0.15) is 6.10 Å². The first kappa shape index (κ1) is 12.4. The van der Waals surface area contributed by atoms with Crippen molar-refractivity contribution in [2.75, 3.05) is 5.32 Å². The Balaban J connectivity index is 2.05. The number of oxime groups is 1. The molecule has 1 unspecified atom stereocenters. The van der Waals surface area contributed by atoms with Gasteiger partial charge in [0.15, 0.2) is 5.71 Å². The third-order valence-electron chi connectivity index (χ3n) is 2.16. The molecule has 1 radical (unpaired) electrons. The van der Waals surface area contributed by atoms with E-state index in [9.17, 15) is 9.59 Å². The van der Waals surface area contributed by atoms with E-state index in [1.165, 1.54) is 0 Å². The number of aromatic nitrogens is 2. The first-order valence-electron chi connectivity index (χ1n) is 5.16. The van der Waals surface area contributed by atoms with Crippen LogP contribution in [0.5, 0.6) is 0 Å². The summed E-state index contributed by atoms with van der Waals surface area (Å²) in [6.45, 7) is 0. The van der Waals surface area contributed by atoms with Gasteiger partial charge in [-0.3, -0.25) is 9.59 Å². The highest BCUT2D eigenvalue weighted by Gasteiger charge is 2.14. The van der Waals surface area contributed by atoms with Gasteiger partial charge in [0.05, 0.1) is 0 Å². The first-order chi connectivity index (χ1) is 8.83. The van der Waals surface area contributed by atoms with Crippen molar-refractivity contribution < 1.29 is 14.4 Å². The number of hydrogen-bond donors (Lipinski definition) is 1. The molecule has 1 aliphatic rings. The van der Waals surface area contributed by atoms with Crippen LogP contribution in [-0.4, -0.2) is 33.9 Å². The van der Waals surface area contributed by atoms with Crippen LogP contribution < -0.4 is 5.32 Å². The summed E-state index contributed by atoms with van der Waals surface area (Å²) in [6, 6.07) is 0. The molecule has 8 heteroatoms. The quantitative estimate of drug-likeness (QED) is 0.353. The summed E-state index contributed by atoms with van der Waals surface area (Å²) in [4.78, 5) is 30.0. The Morgan fingerprint density at radius 2 is 2.61 bits per heavy atom. The van der Waals surface area contributed by atoms with Crippen molar-refractivity contribution in [3.8, 4) is 0 Å². The summed E-state index contributed by atoms with van der Waals surface area (Å²) in [6.07, 6.45) is 7.59. The Morgan fingerprint density at radius 3 is 3.28 bits per heavy atom. The molecule has 1 amide bonds. The van der Waals surface area contributed by atoms with Crippen molar-refractivity contribution in [1.29, 1.82) is 0 Å². The number of allylic oxidation sites excluding steroid dienone is 1. The van der Waals surface area contributed by atoms with Gasteiger partial charge in [-0.15, -0.1) is 0 Å². The van der Waals surface area contributed by atoms with E-state index in [1.54, 1.807) is 6.29 Å². The Bertz CT molecular complexity index is 497. The van der Waals surface area contributed by atoms with Crippen LogP contribution >= 0.6 is 11.5 Å². The van der Waals surface area contributed by atoms with Crippen molar-refractivity contribution in [3.05, 3.63) is 18.0 Å². The van der Waals surface area contributed by atoms with Crippen LogP contribution in [0.15, 0.2) is 17.3 Å². The highest BCUT2D eigenvalue weighted by Crippen LogP contribution is 2.14. The summed E-state index contributed by atoms with van der Waals surface area (Å²) in [5.74, 6) is 0.0846. The molecule has 0 fully saturated rings. The number of rotatable bonds is 6. The highest BCUT2D eigenvalue weighted by atomic mass is 32.1. The lowest BCUT2D eigenvalue weighted by molar-refractivity contribution is -0.105. The van der Waals surface area contributed by atoms with Crippen LogP contribution in [0.3, 0.4) is 0 Å². The van der Waals surface area contributed by atoms with Gasteiger partial charge in [0.2, 0.25) is 17.4 Å². The van der Waals surface area contributed by atoms with E-state index in [-0.39, 0.29) is 22.8 Å². The maximum absolute atomic E-state index is 10.8. The second kappa shape index (κ2) is 6.01. The van der Waals surface area contributed by atoms with Crippen LogP contribution in [0.25, 0.3) is 0 Å². The molecule has 1 atom stereocenters. The second-order valence-electron chi connectivity index (χ2n) is 3.38. The Labute approximate surface area is 107 Å². The van der Waals surface area contributed by atoms with E-state index in [1.807, 2.05) is 12.2 Å². The van der Waals surface area contributed by atoms with Crippen molar-refractivity contribution in [3.63, 3.8) is 0 Å². The molecule has 1 N–H and O–H groups in total. The fraction of sp³-hybridized carbons (Fsp3) is 0.300. The smallest absolute Gasteiger partial charge is 0.261 e. The number of hydrogen-bond acceptors (Lipinski definition) is 7.